The Kier molecular flexibility index (Phi) is 5.03. The maximum absolute atomic E-state index is 12.5. The first kappa shape index (κ1) is 18.1. The van der Waals surface area contributed by atoms with Gasteiger partial charge >= 0.3 is 0 Å². The number of para-hydroxylation sites is 2. The Morgan fingerprint density at radius 2 is 1.58 bits per heavy atom. The van der Waals surface area contributed by atoms with Gasteiger partial charge in [0.1, 0.15) is 6.10 Å². The minimum atomic E-state index is -3.34. The normalized spacial score (nSPS) is 18.8. The third-order valence-electron chi connectivity index (χ3n) is 3.91. The SMILES string of the molecule is CCS(=O)(=O)Nc1ccc(NC(=O)[C@@H]2Oc3ccccc3O[C@@H]2C)cc1. The van der Waals surface area contributed by atoms with E-state index in [2.05, 4.69) is 10.0 Å². The molecule has 2 aromatic carbocycles. The summed E-state index contributed by atoms with van der Waals surface area (Å²) in [6, 6.07) is 13.6. The van der Waals surface area contributed by atoms with Gasteiger partial charge in [0.25, 0.3) is 5.91 Å². The van der Waals surface area contributed by atoms with E-state index in [9.17, 15) is 13.2 Å². The van der Waals surface area contributed by atoms with Crippen molar-refractivity contribution in [2.24, 2.45) is 0 Å². The molecule has 1 amide bonds. The van der Waals surface area contributed by atoms with E-state index in [1.54, 1.807) is 50.2 Å². The number of ether oxygens (including phenoxy) is 2. The van der Waals surface area contributed by atoms with E-state index in [0.29, 0.717) is 22.9 Å². The molecule has 2 aromatic rings. The van der Waals surface area contributed by atoms with Gasteiger partial charge in [-0.3, -0.25) is 9.52 Å². The Morgan fingerprint density at radius 1 is 1.00 bits per heavy atom. The molecule has 0 spiro atoms. The molecule has 138 valence electrons. The van der Waals surface area contributed by atoms with Crippen molar-refractivity contribution in [3.8, 4) is 11.5 Å². The van der Waals surface area contributed by atoms with Gasteiger partial charge < -0.3 is 14.8 Å². The highest BCUT2D eigenvalue weighted by atomic mass is 32.2. The lowest BCUT2D eigenvalue weighted by molar-refractivity contribution is -0.128. The maximum Gasteiger partial charge on any atom is 0.269 e. The summed E-state index contributed by atoms with van der Waals surface area (Å²) in [5, 5.41) is 2.76. The summed E-state index contributed by atoms with van der Waals surface area (Å²) < 4.78 is 37.1. The number of hydrogen-bond donors (Lipinski definition) is 2. The summed E-state index contributed by atoms with van der Waals surface area (Å²) in [5.74, 6) is 0.782. The molecule has 0 saturated heterocycles. The average molecular weight is 376 g/mol. The summed E-state index contributed by atoms with van der Waals surface area (Å²) >= 11 is 0. The van der Waals surface area contributed by atoms with Gasteiger partial charge in [0.2, 0.25) is 16.1 Å². The monoisotopic (exact) mass is 376 g/mol. The quantitative estimate of drug-likeness (QED) is 0.837. The second kappa shape index (κ2) is 7.25. The Balaban J connectivity index is 1.67. The average Bonchev–Trinajstić information content (AvgIpc) is 2.62. The number of hydrogen-bond acceptors (Lipinski definition) is 5. The molecule has 1 heterocycles. The van der Waals surface area contributed by atoms with Crippen LogP contribution in [-0.4, -0.2) is 32.3 Å². The lowest BCUT2D eigenvalue weighted by Gasteiger charge is -2.31. The van der Waals surface area contributed by atoms with E-state index in [4.69, 9.17) is 9.47 Å². The zero-order valence-corrected chi connectivity index (χ0v) is 15.2. The first-order valence-corrected chi connectivity index (χ1v) is 9.87. The van der Waals surface area contributed by atoms with Crippen LogP contribution in [0.1, 0.15) is 13.8 Å². The molecule has 0 aliphatic carbocycles. The van der Waals surface area contributed by atoms with Crippen molar-refractivity contribution in [1.29, 1.82) is 0 Å². The highest BCUT2D eigenvalue weighted by Crippen LogP contribution is 2.33. The van der Waals surface area contributed by atoms with Gasteiger partial charge in [-0.15, -0.1) is 0 Å². The van der Waals surface area contributed by atoms with E-state index in [1.165, 1.54) is 0 Å². The highest BCUT2D eigenvalue weighted by Gasteiger charge is 2.34. The number of sulfonamides is 1. The smallest absolute Gasteiger partial charge is 0.269 e. The fraction of sp³-hybridized carbons (Fsp3) is 0.278. The van der Waals surface area contributed by atoms with Crippen LogP contribution in [0.25, 0.3) is 0 Å². The standard InChI is InChI=1S/C18H20N2O5S/c1-3-26(22,23)20-14-10-8-13(9-11-14)19-18(21)17-12(2)24-15-6-4-5-7-16(15)25-17/h4-12,17,20H,3H2,1-2H3,(H,19,21)/t12-,17-/m1/s1. The van der Waals surface area contributed by atoms with Crippen LogP contribution >= 0.6 is 0 Å². The molecular formula is C18H20N2O5S. The molecule has 2 atom stereocenters. The molecule has 0 aromatic heterocycles. The van der Waals surface area contributed by atoms with Crippen LogP contribution < -0.4 is 19.5 Å². The van der Waals surface area contributed by atoms with E-state index in [0.717, 1.165) is 0 Å². The Labute approximate surface area is 152 Å². The number of anilines is 2. The molecule has 3 rings (SSSR count). The number of benzene rings is 2. The third kappa shape index (κ3) is 4.08. The number of fused-ring (bicyclic) bond motifs is 1. The molecule has 8 heteroatoms. The topological polar surface area (TPSA) is 93.7 Å². The number of rotatable bonds is 5. The van der Waals surface area contributed by atoms with Gasteiger partial charge in [-0.05, 0) is 50.2 Å². The molecule has 1 aliphatic rings. The van der Waals surface area contributed by atoms with E-state index in [-0.39, 0.29) is 11.7 Å². The van der Waals surface area contributed by atoms with Crippen LogP contribution in [0.15, 0.2) is 48.5 Å². The minimum absolute atomic E-state index is 0.0101. The molecule has 0 radical (unpaired) electrons. The molecule has 26 heavy (non-hydrogen) atoms. The summed E-state index contributed by atoms with van der Waals surface area (Å²) in [6.07, 6.45) is -1.23. The number of nitrogens with one attached hydrogen (secondary N) is 2. The first-order chi connectivity index (χ1) is 12.4. The fourth-order valence-electron chi connectivity index (χ4n) is 2.49. The van der Waals surface area contributed by atoms with E-state index in [1.807, 2.05) is 12.1 Å². The van der Waals surface area contributed by atoms with Gasteiger partial charge in [-0.1, -0.05) is 12.1 Å². The fourth-order valence-corrected chi connectivity index (χ4v) is 3.13. The summed E-state index contributed by atoms with van der Waals surface area (Å²) in [4.78, 5) is 12.5. The number of carbonyl (C=O) groups excluding carboxylic acids is 1. The molecule has 0 bridgehead atoms. The van der Waals surface area contributed by atoms with Gasteiger partial charge in [0.05, 0.1) is 5.75 Å². The second-order valence-electron chi connectivity index (χ2n) is 5.88. The lowest BCUT2D eigenvalue weighted by Crippen LogP contribution is -2.46. The molecular weight excluding hydrogens is 356 g/mol. The Bertz CT molecular complexity index is 896. The van der Waals surface area contributed by atoms with Crippen molar-refractivity contribution in [2.45, 2.75) is 26.1 Å². The van der Waals surface area contributed by atoms with Crippen LogP contribution in [0.3, 0.4) is 0 Å². The Hall–Kier alpha value is -2.74. The zero-order valence-electron chi connectivity index (χ0n) is 14.4. The molecule has 0 saturated carbocycles. The van der Waals surface area contributed by atoms with Crippen molar-refractivity contribution >= 4 is 27.3 Å². The van der Waals surface area contributed by atoms with E-state index >= 15 is 0 Å². The predicted molar refractivity (Wildman–Crippen MR) is 99.1 cm³/mol. The van der Waals surface area contributed by atoms with Crippen molar-refractivity contribution in [3.05, 3.63) is 48.5 Å². The van der Waals surface area contributed by atoms with Gasteiger partial charge in [-0.2, -0.15) is 0 Å². The minimum Gasteiger partial charge on any atom is -0.482 e. The van der Waals surface area contributed by atoms with Crippen molar-refractivity contribution in [2.75, 3.05) is 15.8 Å². The van der Waals surface area contributed by atoms with Crippen molar-refractivity contribution < 1.29 is 22.7 Å². The summed E-state index contributed by atoms with van der Waals surface area (Å²) in [6.45, 7) is 3.32. The highest BCUT2D eigenvalue weighted by molar-refractivity contribution is 7.92. The van der Waals surface area contributed by atoms with Crippen LogP contribution in [0.5, 0.6) is 11.5 Å². The van der Waals surface area contributed by atoms with E-state index < -0.39 is 22.2 Å². The zero-order chi connectivity index (χ0) is 18.7. The molecule has 0 fully saturated rings. The second-order valence-corrected chi connectivity index (χ2v) is 7.89. The van der Waals surface area contributed by atoms with Crippen LogP contribution in [-0.2, 0) is 14.8 Å². The number of carbonyl (C=O) groups is 1. The Morgan fingerprint density at radius 3 is 2.19 bits per heavy atom. The predicted octanol–water partition coefficient (Wildman–Crippen LogP) is 2.62. The molecule has 7 nitrogen and oxygen atoms in total. The maximum atomic E-state index is 12.5. The van der Waals surface area contributed by atoms with Crippen LogP contribution in [0, 0.1) is 0 Å². The van der Waals surface area contributed by atoms with Gasteiger partial charge in [-0.25, -0.2) is 8.42 Å². The van der Waals surface area contributed by atoms with Crippen molar-refractivity contribution in [1.82, 2.24) is 0 Å². The third-order valence-corrected chi connectivity index (χ3v) is 5.21. The first-order valence-electron chi connectivity index (χ1n) is 8.22. The lowest BCUT2D eigenvalue weighted by atomic mass is 10.1. The molecule has 1 aliphatic heterocycles. The van der Waals surface area contributed by atoms with Gasteiger partial charge in [0.15, 0.2) is 11.5 Å². The van der Waals surface area contributed by atoms with Gasteiger partial charge in [0, 0.05) is 11.4 Å². The van der Waals surface area contributed by atoms with Crippen LogP contribution in [0.2, 0.25) is 0 Å². The molecule has 2 N–H and O–H groups in total. The largest absolute Gasteiger partial charge is 0.482 e. The molecule has 0 unspecified atom stereocenters. The summed E-state index contributed by atoms with van der Waals surface area (Å²) in [5.41, 5.74) is 0.966. The van der Waals surface area contributed by atoms with Crippen molar-refractivity contribution in [3.63, 3.8) is 0 Å². The van der Waals surface area contributed by atoms with Crippen LogP contribution in [0.4, 0.5) is 11.4 Å². The number of amides is 1. The summed E-state index contributed by atoms with van der Waals surface area (Å²) in [7, 11) is -3.34.